The third-order valence-electron chi connectivity index (χ3n) is 5.85. The molecule has 3 heterocycles. The summed E-state index contributed by atoms with van der Waals surface area (Å²) in [6.07, 6.45) is 0. The Morgan fingerprint density at radius 3 is 2.45 bits per heavy atom. The fourth-order valence-corrected chi connectivity index (χ4v) is 4.21. The highest BCUT2D eigenvalue weighted by molar-refractivity contribution is 5.99. The number of aromatic amines is 1. The maximum absolute atomic E-state index is 14.2. The summed E-state index contributed by atoms with van der Waals surface area (Å²) in [4.78, 5) is 21.8. The summed E-state index contributed by atoms with van der Waals surface area (Å²) in [5.74, 6) is -4.53. The average molecular weight is 459 g/mol. The molecule has 4 aromatic rings. The number of amides is 1. The number of rotatable bonds is 3. The number of pyridine rings is 1. The van der Waals surface area contributed by atoms with E-state index in [0.717, 1.165) is 24.3 Å². The van der Waals surface area contributed by atoms with Gasteiger partial charge in [-0.1, -0.05) is 0 Å². The summed E-state index contributed by atoms with van der Waals surface area (Å²) in [5, 5.41) is 0.948. The van der Waals surface area contributed by atoms with Crippen LogP contribution in [-0.2, 0) is 11.3 Å². The number of fused-ring (bicyclic) bond motifs is 4. The highest BCUT2D eigenvalue weighted by Gasteiger charge is 2.33. The van der Waals surface area contributed by atoms with Crippen molar-refractivity contribution in [2.24, 2.45) is 0 Å². The van der Waals surface area contributed by atoms with Crippen molar-refractivity contribution in [2.45, 2.75) is 12.6 Å². The molecule has 5 rings (SSSR count). The Bertz CT molecular complexity index is 1400. The van der Waals surface area contributed by atoms with Gasteiger partial charge in [-0.15, -0.1) is 0 Å². The molecule has 0 radical (unpaired) electrons. The van der Waals surface area contributed by atoms with Gasteiger partial charge in [-0.2, -0.15) is 0 Å². The molecular formula is C23H17F4N3O3. The van der Waals surface area contributed by atoms with Crippen LogP contribution in [0.5, 0.6) is 5.88 Å². The molecular weight excluding hydrogens is 442 g/mol. The van der Waals surface area contributed by atoms with E-state index in [-0.39, 0.29) is 35.7 Å². The van der Waals surface area contributed by atoms with Crippen LogP contribution in [0.3, 0.4) is 0 Å². The van der Waals surface area contributed by atoms with Gasteiger partial charge in [-0.25, -0.2) is 22.5 Å². The van der Waals surface area contributed by atoms with Gasteiger partial charge in [0.25, 0.3) is 5.91 Å². The number of carbonyl (C=O) groups excluding carboxylic acids is 1. The van der Waals surface area contributed by atoms with Crippen LogP contribution in [0.2, 0.25) is 0 Å². The second kappa shape index (κ2) is 7.73. The molecule has 0 saturated carbocycles. The van der Waals surface area contributed by atoms with E-state index < -0.39 is 35.2 Å². The zero-order valence-corrected chi connectivity index (χ0v) is 17.5. The van der Waals surface area contributed by atoms with Crippen molar-refractivity contribution in [1.82, 2.24) is 14.9 Å². The largest absolute Gasteiger partial charge is 0.481 e. The Hall–Kier alpha value is -3.66. The van der Waals surface area contributed by atoms with Crippen LogP contribution in [0.15, 0.2) is 30.3 Å². The number of ether oxygens (including phenoxy) is 2. The molecule has 1 aliphatic heterocycles. The lowest BCUT2D eigenvalue weighted by molar-refractivity contribution is 0.0332. The lowest BCUT2D eigenvalue weighted by Crippen LogP contribution is -2.37. The van der Waals surface area contributed by atoms with Gasteiger partial charge in [0.1, 0.15) is 5.69 Å². The number of likely N-dealkylation sites (N-methyl/N-ethyl adjacent to an activating group) is 1. The minimum Gasteiger partial charge on any atom is -0.481 e. The minimum atomic E-state index is -1.05. The topological polar surface area (TPSA) is 67.5 Å². The molecule has 0 fully saturated rings. The van der Waals surface area contributed by atoms with Crippen molar-refractivity contribution in [3.63, 3.8) is 0 Å². The Balaban J connectivity index is 1.61. The number of hydrogen-bond donors (Lipinski definition) is 1. The minimum absolute atomic E-state index is 0.0842. The van der Waals surface area contributed by atoms with Crippen LogP contribution < -0.4 is 4.74 Å². The lowest BCUT2D eigenvalue weighted by Gasteiger charge is -2.33. The van der Waals surface area contributed by atoms with Crippen molar-refractivity contribution >= 4 is 27.6 Å². The fourth-order valence-electron chi connectivity index (χ4n) is 4.21. The van der Waals surface area contributed by atoms with E-state index in [1.807, 2.05) is 0 Å². The number of carbonyl (C=O) groups is 1. The van der Waals surface area contributed by atoms with Crippen LogP contribution >= 0.6 is 0 Å². The van der Waals surface area contributed by atoms with Gasteiger partial charge in [-0.3, -0.25) is 4.79 Å². The predicted octanol–water partition coefficient (Wildman–Crippen LogP) is 4.62. The van der Waals surface area contributed by atoms with E-state index in [9.17, 15) is 22.4 Å². The summed E-state index contributed by atoms with van der Waals surface area (Å²) < 4.78 is 66.1. The first-order chi connectivity index (χ1) is 15.8. The molecule has 1 atom stereocenters. The van der Waals surface area contributed by atoms with Gasteiger partial charge in [0.2, 0.25) is 5.88 Å². The van der Waals surface area contributed by atoms with Gasteiger partial charge in [0, 0.05) is 35.0 Å². The number of H-pyrrole nitrogens is 1. The average Bonchev–Trinajstić information content (AvgIpc) is 3.20. The van der Waals surface area contributed by atoms with E-state index in [1.165, 1.54) is 25.1 Å². The van der Waals surface area contributed by atoms with Crippen molar-refractivity contribution in [3.8, 4) is 5.88 Å². The number of hydrogen-bond acceptors (Lipinski definition) is 4. The molecule has 0 bridgehead atoms. The first-order valence-electron chi connectivity index (χ1n) is 9.96. The van der Waals surface area contributed by atoms with E-state index in [4.69, 9.17) is 9.47 Å². The van der Waals surface area contributed by atoms with Crippen molar-refractivity contribution < 1.29 is 31.8 Å². The number of methoxy groups -OCH3 is 1. The van der Waals surface area contributed by atoms with E-state index in [0.29, 0.717) is 22.0 Å². The zero-order chi connectivity index (χ0) is 23.4. The Morgan fingerprint density at radius 1 is 1.06 bits per heavy atom. The molecule has 1 aliphatic rings. The number of aromatic nitrogens is 2. The highest BCUT2D eigenvalue weighted by Crippen LogP contribution is 2.39. The predicted molar refractivity (Wildman–Crippen MR) is 111 cm³/mol. The molecule has 2 aromatic carbocycles. The Labute approximate surface area is 184 Å². The van der Waals surface area contributed by atoms with Crippen LogP contribution in [-0.4, -0.2) is 41.5 Å². The third kappa shape index (κ3) is 3.37. The summed E-state index contributed by atoms with van der Waals surface area (Å²) in [5.41, 5.74) is 1.31. The van der Waals surface area contributed by atoms with Crippen LogP contribution in [0.25, 0.3) is 21.7 Å². The first-order valence-corrected chi connectivity index (χ1v) is 9.96. The van der Waals surface area contributed by atoms with Crippen LogP contribution in [0, 0.1) is 23.3 Å². The lowest BCUT2D eigenvalue weighted by atomic mass is 9.95. The number of nitrogens with one attached hydrogen (secondary N) is 1. The van der Waals surface area contributed by atoms with E-state index >= 15 is 0 Å². The smallest absolute Gasteiger partial charge is 0.270 e. The molecule has 0 spiro atoms. The van der Waals surface area contributed by atoms with E-state index in [1.54, 1.807) is 0 Å². The number of nitrogens with zero attached hydrogens (tertiary/aromatic N) is 2. The molecule has 1 N–H and O–H groups in total. The molecule has 10 heteroatoms. The molecule has 1 amide bonds. The van der Waals surface area contributed by atoms with Crippen LogP contribution in [0.4, 0.5) is 17.6 Å². The number of benzene rings is 2. The fraction of sp³-hybridized carbons (Fsp3) is 0.217. The molecule has 6 nitrogen and oxygen atoms in total. The second-order valence-corrected chi connectivity index (χ2v) is 7.78. The van der Waals surface area contributed by atoms with E-state index in [2.05, 4.69) is 9.97 Å². The normalized spacial score (nSPS) is 15.6. The van der Waals surface area contributed by atoms with Gasteiger partial charge >= 0.3 is 0 Å². The van der Waals surface area contributed by atoms with Gasteiger partial charge in [0.05, 0.1) is 32.1 Å². The SMILES string of the molecule is COc1nc2c(c3cc(F)c(F)cc13)C(N(C)C(=O)c1cc3cc(F)c(F)cc3[nH]1)COC2. The summed E-state index contributed by atoms with van der Waals surface area (Å²) in [6.45, 7) is 0.185. The van der Waals surface area contributed by atoms with Crippen LogP contribution in [0.1, 0.15) is 27.8 Å². The maximum atomic E-state index is 14.2. The summed E-state index contributed by atoms with van der Waals surface area (Å²) >= 11 is 0. The standard InChI is InChI=1S/C23H17F4N3O3/c1-30(23(31)18-4-10-3-13(24)16(27)7-17(10)28-18)20-9-33-8-19-21(20)11-5-14(25)15(26)6-12(11)22(29-19)32-2/h3-7,20,28H,8-9H2,1-2H3. The van der Waals surface area contributed by atoms with Crippen molar-refractivity contribution in [3.05, 3.63) is 70.6 Å². The Morgan fingerprint density at radius 2 is 1.73 bits per heavy atom. The monoisotopic (exact) mass is 459 g/mol. The molecule has 0 saturated heterocycles. The molecule has 1 unspecified atom stereocenters. The van der Waals surface area contributed by atoms with Gasteiger partial charge in [0.15, 0.2) is 23.3 Å². The first kappa shape index (κ1) is 21.2. The van der Waals surface area contributed by atoms with Gasteiger partial charge in [-0.05, 0) is 29.7 Å². The van der Waals surface area contributed by atoms with Crippen molar-refractivity contribution in [1.29, 1.82) is 0 Å². The molecule has 2 aromatic heterocycles. The van der Waals surface area contributed by atoms with Gasteiger partial charge < -0.3 is 19.4 Å². The quantitative estimate of drug-likeness (QED) is 0.454. The summed E-state index contributed by atoms with van der Waals surface area (Å²) in [7, 11) is 2.89. The molecule has 33 heavy (non-hydrogen) atoms. The Kier molecular flexibility index (Phi) is 4.97. The zero-order valence-electron chi connectivity index (χ0n) is 17.5. The molecule has 0 aliphatic carbocycles. The maximum Gasteiger partial charge on any atom is 0.270 e. The second-order valence-electron chi connectivity index (χ2n) is 7.78. The third-order valence-corrected chi connectivity index (χ3v) is 5.85. The summed E-state index contributed by atoms with van der Waals surface area (Å²) in [6, 6.07) is 4.76. The number of halogens is 4. The highest BCUT2D eigenvalue weighted by atomic mass is 19.2. The van der Waals surface area contributed by atoms with Crippen molar-refractivity contribution in [2.75, 3.05) is 20.8 Å². The molecule has 170 valence electrons.